The summed E-state index contributed by atoms with van der Waals surface area (Å²) in [4.78, 5) is 35.1. The number of hydrogen-bond donors (Lipinski definition) is 3. The normalized spacial score (nSPS) is 14.1. The predicted octanol–water partition coefficient (Wildman–Crippen LogP) is 0.929. The van der Waals surface area contributed by atoms with Gasteiger partial charge in [-0.1, -0.05) is 0 Å². The smallest absolute Gasteiger partial charge is 0.408 e. The molecular formula is C14H27N3O4. The van der Waals surface area contributed by atoms with Gasteiger partial charge in [0.2, 0.25) is 11.8 Å². The molecule has 3 N–H and O–H groups in total. The molecule has 7 nitrogen and oxygen atoms in total. The van der Waals surface area contributed by atoms with Crippen molar-refractivity contribution in [2.75, 3.05) is 0 Å². The fourth-order valence-corrected chi connectivity index (χ4v) is 1.36. The highest BCUT2D eigenvalue weighted by Gasteiger charge is 2.23. The summed E-state index contributed by atoms with van der Waals surface area (Å²) in [6, 6.07) is -1.48. The molecule has 3 amide bonds. The highest BCUT2D eigenvalue weighted by atomic mass is 16.6. The van der Waals surface area contributed by atoms with Crippen molar-refractivity contribution < 1.29 is 19.1 Å². The van der Waals surface area contributed by atoms with Gasteiger partial charge in [0.05, 0.1) is 0 Å². The van der Waals surface area contributed by atoms with Crippen LogP contribution in [-0.4, -0.2) is 41.6 Å². The molecule has 0 heterocycles. The molecule has 2 atom stereocenters. The zero-order chi connectivity index (χ0) is 16.8. The van der Waals surface area contributed by atoms with Gasteiger partial charge in [0, 0.05) is 6.04 Å². The Morgan fingerprint density at radius 1 is 0.810 bits per heavy atom. The summed E-state index contributed by atoms with van der Waals surface area (Å²) in [7, 11) is 0. The van der Waals surface area contributed by atoms with Gasteiger partial charge in [0.25, 0.3) is 0 Å². The first-order chi connectivity index (χ1) is 9.42. The van der Waals surface area contributed by atoms with E-state index in [0.717, 1.165) is 0 Å². The van der Waals surface area contributed by atoms with Gasteiger partial charge in [0.1, 0.15) is 17.7 Å². The molecule has 0 rings (SSSR count). The number of carbonyl (C=O) groups is 3. The Hall–Kier alpha value is -1.79. The Balaban J connectivity index is 4.33. The topological polar surface area (TPSA) is 96.5 Å². The van der Waals surface area contributed by atoms with Crippen LogP contribution >= 0.6 is 0 Å². The molecule has 0 bridgehead atoms. The minimum absolute atomic E-state index is 0.00540. The number of carbonyl (C=O) groups excluding carboxylic acids is 3. The number of nitrogens with one attached hydrogen (secondary N) is 3. The molecule has 0 aliphatic carbocycles. The Morgan fingerprint density at radius 3 is 1.67 bits per heavy atom. The Bertz CT molecular complexity index is 388. The van der Waals surface area contributed by atoms with E-state index in [-0.39, 0.29) is 11.9 Å². The van der Waals surface area contributed by atoms with E-state index in [9.17, 15) is 14.4 Å². The number of hydrogen-bond acceptors (Lipinski definition) is 4. The van der Waals surface area contributed by atoms with Crippen LogP contribution in [0.2, 0.25) is 0 Å². The molecule has 0 aromatic rings. The maximum atomic E-state index is 11.9. The second kappa shape index (κ2) is 7.85. The van der Waals surface area contributed by atoms with Crippen LogP contribution in [0.15, 0.2) is 0 Å². The molecule has 0 saturated heterocycles. The molecule has 0 aliphatic rings. The van der Waals surface area contributed by atoms with Crippen LogP contribution in [0.1, 0.15) is 48.5 Å². The quantitative estimate of drug-likeness (QED) is 0.703. The van der Waals surface area contributed by atoms with E-state index in [1.165, 1.54) is 6.92 Å². The average Bonchev–Trinajstić information content (AvgIpc) is 2.24. The van der Waals surface area contributed by atoms with Crippen molar-refractivity contribution in [1.82, 2.24) is 16.0 Å². The predicted molar refractivity (Wildman–Crippen MR) is 79.7 cm³/mol. The fourth-order valence-electron chi connectivity index (χ4n) is 1.36. The van der Waals surface area contributed by atoms with Crippen molar-refractivity contribution in [2.45, 2.75) is 72.2 Å². The van der Waals surface area contributed by atoms with E-state index >= 15 is 0 Å². The van der Waals surface area contributed by atoms with Gasteiger partial charge < -0.3 is 20.7 Å². The first kappa shape index (κ1) is 19.2. The number of ether oxygens (including phenoxy) is 1. The third-order valence-electron chi connectivity index (χ3n) is 2.31. The lowest BCUT2D eigenvalue weighted by Gasteiger charge is -2.22. The summed E-state index contributed by atoms with van der Waals surface area (Å²) in [5.41, 5.74) is -0.634. The van der Waals surface area contributed by atoms with Gasteiger partial charge in [-0.2, -0.15) is 0 Å². The van der Waals surface area contributed by atoms with E-state index in [1.54, 1.807) is 27.7 Å². The molecule has 0 radical (unpaired) electrons. The SMILES string of the molecule is CC(C)NC(=O)[C@H](C)NC(=O)[C@H](C)NC(=O)OC(C)(C)C. The molecule has 7 heteroatoms. The van der Waals surface area contributed by atoms with Gasteiger partial charge in [-0.25, -0.2) is 4.79 Å². The molecule has 0 aromatic carbocycles. The molecule has 122 valence electrons. The molecule has 0 saturated carbocycles. The zero-order valence-electron chi connectivity index (χ0n) is 13.9. The summed E-state index contributed by atoms with van der Waals surface area (Å²) in [5, 5.41) is 7.64. The third kappa shape index (κ3) is 8.88. The lowest BCUT2D eigenvalue weighted by atomic mass is 10.2. The zero-order valence-corrected chi connectivity index (χ0v) is 13.9. The summed E-state index contributed by atoms with van der Waals surface area (Å²) in [6.07, 6.45) is -0.676. The third-order valence-corrected chi connectivity index (χ3v) is 2.31. The van der Waals surface area contributed by atoms with Gasteiger partial charge in [-0.3, -0.25) is 9.59 Å². The number of alkyl carbamates (subject to hydrolysis) is 1. The van der Waals surface area contributed by atoms with Crippen LogP contribution in [-0.2, 0) is 14.3 Å². The molecule has 0 unspecified atom stereocenters. The van der Waals surface area contributed by atoms with E-state index in [2.05, 4.69) is 16.0 Å². The molecule has 0 fully saturated rings. The van der Waals surface area contributed by atoms with Crippen molar-refractivity contribution in [3.63, 3.8) is 0 Å². The van der Waals surface area contributed by atoms with Gasteiger partial charge in [0.15, 0.2) is 0 Å². The minimum atomic E-state index is -0.797. The highest BCUT2D eigenvalue weighted by molar-refractivity contribution is 5.90. The summed E-state index contributed by atoms with van der Waals surface area (Å²) < 4.78 is 5.05. The lowest BCUT2D eigenvalue weighted by molar-refractivity contribution is -0.129. The highest BCUT2D eigenvalue weighted by Crippen LogP contribution is 2.06. The Morgan fingerprint density at radius 2 is 1.24 bits per heavy atom. The Kier molecular flexibility index (Phi) is 7.18. The van der Waals surface area contributed by atoms with Crippen LogP contribution in [0.25, 0.3) is 0 Å². The van der Waals surface area contributed by atoms with Crippen molar-refractivity contribution in [2.24, 2.45) is 0 Å². The molecule has 0 aliphatic heterocycles. The number of amides is 3. The maximum Gasteiger partial charge on any atom is 0.408 e. The van der Waals surface area contributed by atoms with Crippen LogP contribution < -0.4 is 16.0 Å². The standard InChI is InChI=1S/C14H27N3O4/c1-8(2)15-11(18)9(3)16-12(19)10(4)17-13(20)21-14(5,6)7/h8-10H,1-7H3,(H,15,18)(H,16,19)(H,17,20)/t9-,10-/m0/s1. The second-order valence-electron chi connectivity index (χ2n) is 6.26. The maximum absolute atomic E-state index is 11.9. The van der Waals surface area contributed by atoms with E-state index in [4.69, 9.17) is 4.74 Å². The molecule has 0 aromatic heterocycles. The van der Waals surface area contributed by atoms with Gasteiger partial charge in [-0.05, 0) is 48.5 Å². The molecular weight excluding hydrogens is 274 g/mol. The summed E-state index contributed by atoms with van der Waals surface area (Å²) in [6.45, 7) is 12.0. The number of rotatable bonds is 5. The first-order valence-corrected chi connectivity index (χ1v) is 7.02. The van der Waals surface area contributed by atoms with Crippen molar-refractivity contribution in [1.29, 1.82) is 0 Å². The molecule has 21 heavy (non-hydrogen) atoms. The Labute approximate surface area is 126 Å². The lowest BCUT2D eigenvalue weighted by Crippen LogP contribution is -2.52. The van der Waals surface area contributed by atoms with E-state index in [0.29, 0.717) is 0 Å². The fraction of sp³-hybridized carbons (Fsp3) is 0.786. The van der Waals surface area contributed by atoms with Crippen molar-refractivity contribution in [3.8, 4) is 0 Å². The minimum Gasteiger partial charge on any atom is -0.444 e. The van der Waals surface area contributed by atoms with E-state index in [1.807, 2.05) is 13.8 Å². The van der Waals surface area contributed by atoms with Crippen LogP contribution in [0.5, 0.6) is 0 Å². The van der Waals surface area contributed by atoms with Crippen molar-refractivity contribution in [3.05, 3.63) is 0 Å². The first-order valence-electron chi connectivity index (χ1n) is 7.02. The molecule has 0 spiro atoms. The van der Waals surface area contributed by atoms with Gasteiger partial charge >= 0.3 is 6.09 Å². The average molecular weight is 301 g/mol. The van der Waals surface area contributed by atoms with Crippen LogP contribution in [0, 0.1) is 0 Å². The van der Waals surface area contributed by atoms with Crippen LogP contribution in [0.3, 0.4) is 0 Å². The van der Waals surface area contributed by atoms with Crippen molar-refractivity contribution >= 4 is 17.9 Å². The largest absolute Gasteiger partial charge is 0.444 e. The van der Waals surface area contributed by atoms with E-state index < -0.39 is 29.7 Å². The van der Waals surface area contributed by atoms with Crippen LogP contribution in [0.4, 0.5) is 4.79 Å². The summed E-state index contributed by atoms with van der Waals surface area (Å²) >= 11 is 0. The second-order valence-corrected chi connectivity index (χ2v) is 6.26. The summed E-state index contributed by atoms with van der Waals surface area (Å²) in [5.74, 6) is -0.727. The monoisotopic (exact) mass is 301 g/mol. The van der Waals surface area contributed by atoms with Gasteiger partial charge in [-0.15, -0.1) is 0 Å².